The van der Waals surface area contributed by atoms with Crippen molar-refractivity contribution in [1.29, 1.82) is 0 Å². The van der Waals surface area contributed by atoms with E-state index in [0.717, 1.165) is 12.2 Å². The number of aromatic nitrogens is 2. The van der Waals surface area contributed by atoms with Gasteiger partial charge in [-0.25, -0.2) is 0 Å². The van der Waals surface area contributed by atoms with Crippen molar-refractivity contribution in [1.82, 2.24) is 10.1 Å². The molecule has 1 aromatic rings. The van der Waals surface area contributed by atoms with Crippen LogP contribution >= 0.6 is 0 Å². The molecule has 2 N–H and O–H groups in total. The molecule has 1 fully saturated rings. The predicted molar refractivity (Wildman–Crippen MR) is 39.8 cm³/mol. The van der Waals surface area contributed by atoms with Crippen molar-refractivity contribution in [3.05, 3.63) is 5.82 Å². The molecule has 2 rings (SSSR count). The van der Waals surface area contributed by atoms with Crippen LogP contribution in [0.1, 0.15) is 32.0 Å². The first-order chi connectivity index (χ1) is 5.09. The standard InChI is InChI=1S/C7H11N3O/c1-7(2)3-4(7)5-9-6(8)11-10-5/h4H,3H2,1-2H3,(H2,8,9,10). The molecule has 0 radical (unpaired) electrons. The lowest BCUT2D eigenvalue weighted by atomic mass is 10.1. The Morgan fingerprint density at radius 1 is 1.64 bits per heavy atom. The van der Waals surface area contributed by atoms with Crippen LogP contribution < -0.4 is 5.73 Å². The van der Waals surface area contributed by atoms with Crippen LogP contribution in [0.25, 0.3) is 0 Å². The number of hydrogen-bond donors (Lipinski definition) is 1. The first-order valence-corrected chi connectivity index (χ1v) is 3.69. The molecule has 0 amide bonds. The lowest BCUT2D eigenvalue weighted by molar-refractivity contribution is 0.423. The van der Waals surface area contributed by atoms with Crippen LogP contribution in [0.2, 0.25) is 0 Å². The van der Waals surface area contributed by atoms with E-state index in [1.165, 1.54) is 0 Å². The van der Waals surface area contributed by atoms with Gasteiger partial charge in [0, 0.05) is 5.92 Å². The van der Waals surface area contributed by atoms with E-state index < -0.39 is 0 Å². The van der Waals surface area contributed by atoms with Gasteiger partial charge < -0.3 is 10.3 Å². The zero-order chi connectivity index (χ0) is 8.06. The topological polar surface area (TPSA) is 64.9 Å². The molecule has 1 aliphatic carbocycles. The highest BCUT2D eigenvalue weighted by Gasteiger charge is 2.49. The van der Waals surface area contributed by atoms with Gasteiger partial charge >= 0.3 is 6.01 Å². The molecule has 4 nitrogen and oxygen atoms in total. The highest BCUT2D eigenvalue weighted by molar-refractivity contribution is 5.18. The minimum absolute atomic E-state index is 0.169. The van der Waals surface area contributed by atoms with Crippen molar-refractivity contribution >= 4 is 6.01 Å². The van der Waals surface area contributed by atoms with Gasteiger partial charge in [-0.05, 0) is 11.8 Å². The van der Waals surface area contributed by atoms with Gasteiger partial charge in [-0.2, -0.15) is 4.98 Å². The molecule has 0 aliphatic heterocycles. The molecule has 0 saturated heterocycles. The summed E-state index contributed by atoms with van der Waals surface area (Å²) in [7, 11) is 0. The van der Waals surface area contributed by atoms with E-state index >= 15 is 0 Å². The molecule has 0 spiro atoms. The summed E-state index contributed by atoms with van der Waals surface area (Å²) >= 11 is 0. The maximum atomic E-state index is 5.29. The van der Waals surface area contributed by atoms with E-state index in [4.69, 9.17) is 5.73 Å². The molecule has 4 heteroatoms. The van der Waals surface area contributed by atoms with Crippen LogP contribution in [0, 0.1) is 5.41 Å². The number of nitrogens with zero attached hydrogens (tertiary/aromatic N) is 2. The van der Waals surface area contributed by atoms with Crippen LogP contribution in [0.15, 0.2) is 4.52 Å². The molecule has 0 bridgehead atoms. The fourth-order valence-corrected chi connectivity index (χ4v) is 1.30. The number of hydrogen-bond acceptors (Lipinski definition) is 4. The van der Waals surface area contributed by atoms with Crippen molar-refractivity contribution in [3.8, 4) is 0 Å². The number of anilines is 1. The highest BCUT2D eigenvalue weighted by Crippen LogP contribution is 2.57. The lowest BCUT2D eigenvalue weighted by Crippen LogP contribution is -1.92. The fourth-order valence-electron chi connectivity index (χ4n) is 1.30. The molecule has 0 aromatic carbocycles. The van der Waals surface area contributed by atoms with E-state index in [1.807, 2.05) is 0 Å². The van der Waals surface area contributed by atoms with Gasteiger partial charge in [0.05, 0.1) is 0 Å². The van der Waals surface area contributed by atoms with Crippen LogP contribution in [-0.4, -0.2) is 10.1 Å². The van der Waals surface area contributed by atoms with Crippen molar-refractivity contribution in [2.45, 2.75) is 26.2 Å². The molecular weight excluding hydrogens is 142 g/mol. The van der Waals surface area contributed by atoms with Crippen molar-refractivity contribution in [3.63, 3.8) is 0 Å². The van der Waals surface area contributed by atoms with Crippen LogP contribution in [0.5, 0.6) is 0 Å². The van der Waals surface area contributed by atoms with Crippen molar-refractivity contribution in [2.75, 3.05) is 5.73 Å². The van der Waals surface area contributed by atoms with Gasteiger partial charge in [-0.1, -0.05) is 19.0 Å². The summed E-state index contributed by atoms with van der Waals surface area (Å²) < 4.78 is 4.68. The Morgan fingerprint density at radius 3 is 2.64 bits per heavy atom. The minimum atomic E-state index is 0.169. The summed E-state index contributed by atoms with van der Waals surface area (Å²) in [5.41, 5.74) is 5.64. The van der Waals surface area contributed by atoms with E-state index in [0.29, 0.717) is 11.3 Å². The molecule has 1 unspecified atom stereocenters. The molecule has 1 aliphatic rings. The van der Waals surface area contributed by atoms with Crippen molar-refractivity contribution < 1.29 is 4.52 Å². The molecule has 1 atom stereocenters. The second-order valence-electron chi connectivity index (χ2n) is 3.74. The summed E-state index contributed by atoms with van der Waals surface area (Å²) in [5, 5.41) is 3.76. The Hall–Kier alpha value is -1.06. The number of rotatable bonds is 1. The number of nitrogens with two attached hydrogens (primary N) is 1. The first kappa shape index (κ1) is 6.64. The maximum Gasteiger partial charge on any atom is 0.318 e. The lowest BCUT2D eigenvalue weighted by Gasteiger charge is -1.95. The zero-order valence-electron chi connectivity index (χ0n) is 6.66. The minimum Gasteiger partial charge on any atom is -0.351 e. The summed E-state index contributed by atoms with van der Waals surface area (Å²) in [4.78, 5) is 3.97. The third-order valence-corrected chi connectivity index (χ3v) is 2.28. The van der Waals surface area contributed by atoms with Gasteiger partial charge in [0.2, 0.25) is 0 Å². The average molecular weight is 153 g/mol. The van der Waals surface area contributed by atoms with Crippen LogP contribution in [0.4, 0.5) is 6.01 Å². The molecule has 11 heavy (non-hydrogen) atoms. The van der Waals surface area contributed by atoms with Gasteiger partial charge in [-0.3, -0.25) is 0 Å². The molecule has 1 aromatic heterocycles. The zero-order valence-corrected chi connectivity index (χ0v) is 6.66. The molecule has 1 heterocycles. The average Bonchev–Trinajstić information content (AvgIpc) is 2.39. The Labute approximate surface area is 64.8 Å². The molecule has 1 saturated carbocycles. The SMILES string of the molecule is CC1(C)CC1c1noc(N)n1. The van der Waals surface area contributed by atoms with E-state index in [9.17, 15) is 0 Å². The number of nitrogen functional groups attached to an aromatic ring is 1. The Kier molecular flexibility index (Phi) is 1.06. The highest BCUT2D eigenvalue weighted by atomic mass is 16.5. The normalized spacial score (nSPS) is 26.9. The summed E-state index contributed by atoms with van der Waals surface area (Å²) in [5.74, 6) is 1.20. The third kappa shape index (κ3) is 0.982. The van der Waals surface area contributed by atoms with Gasteiger partial charge in [0.25, 0.3) is 0 Å². The second-order valence-corrected chi connectivity index (χ2v) is 3.74. The molecular formula is C7H11N3O. The van der Waals surface area contributed by atoms with E-state index in [2.05, 4.69) is 28.5 Å². The summed E-state index contributed by atoms with van der Waals surface area (Å²) in [6.45, 7) is 4.37. The van der Waals surface area contributed by atoms with Crippen molar-refractivity contribution in [2.24, 2.45) is 5.41 Å². The predicted octanol–water partition coefficient (Wildman–Crippen LogP) is 1.17. The second kappa shape index (κ2) is 1.75. The Balaban J connectivity index is 2.20. The smallest absolute Gasteiger partial charge is 0.318 e. The van der Waals surface area contributed by atoms with E-state index in [-0.39, 0.29) is 6.01 Å². The summed E-state index contributed by atoms with van der Waals surface area (Å²) in [6.07, 6.45) is 1.13. The third-order valence-electron chi connectivity index (χ3n) is 2.28. The van der Waals surface area contributed by atoms with Crippen LogP contribution in [-0.2, 0) is 0 Å². The largest absolute Gasteiger partial charge is 0.351 e. The van der Waals surface area contributed by atoms with Gasteiger partial charge in [0.15, 0.2) is 5.82 Å². The Bertz CT molecular complexity index is 279. The first-order valence-electron chi connectivity index (χ1n) is 3.69. The van der Waals surface area contributed by atoms with Gasteiger partial charge in [0.1, 0.15) is 0 Å². The van der Waals surface area contributed by atoms with E-state index in [1.54, 1.807) is 0 Å². The quantitative estimate of drug-likeness (QED) is 0.657. The van der Waals surface area contributed by atoms with Gasteiger partial charge in [-0.15, -0.1) is 0 Å². The maximum absolute atomic E-state index is 5.29. The monoisotopic (exact) mass is 153 g/mol. The van der Waals surface area contributed by atoms with Crippen LogP contribution in [0.3, 0.4) is 0 Å². The summed E-state index contributed by atoms with van der Waals surface area (Å²) in [6, 6.07) is 0.169. The fraction of sp³-hybridized carbons (Fsp3) is 0.714. The molecule has 60 valence electrons. The Morgan fingerprint density at radius 2 is 2.27 bits per heavy atom.